The number of hydrogen-bond acceptors (Lipinski definition) is 5. The Hall–Kier alpha value is -3.19. The number of benzene rings is 2. The van der Waals surface area contributed by atoms with Gasteiger partial charge in [0.25, 0.3) is 5.91 Å². The fraction of sp³-hybridized carbons (Fsp3) is 0.286. The maximum Gasteiger partial charge on any atom is 0.323 e. The largest absolute Gasteiger partial charge is 0.465 e. The summed E-state index contributed by atoms with van der Waals surface area (Å²) in [7, 11) is 1.66. The summed E-state index contributed by atoms with van der Waals surface area (Å²) in [5, 5.41) is 5.54. The number of rotatable bonds is 8. The Bertz CT molecular complexity index is 823. The van der Waals surface area contributed by atoms with Crippen LogP contribution in [0.25, 0.3) is 0 Å². The third-order valence-electron chi connectivity index (χ3n) is 4.16. The molecule has 7 heteroatoms. The second kappa shape index (κ2) is 10.2. The van der Waals surface area contributed by atoms with E-state index in [1.54, 1.807) is 62.2 Å². The number of para-hydroxylation sites is 2. The lowest BCUT2D eigenvalue weighted by atomic mass is 10.1. The number of nitrogens with one attached hydrogen (secondary N) is 2. The van der Waals surface area contributed by atoms with Crippen molar-refractivity contribution in [1.29, 1.82) is 0 Å². The number of carbonyl (C=O) groups is 3. The summed E-state index contributed by atoms with van der Waals surface area (Å²) in [6.45, 7) is 3.67. The minimum Gasteiger partial charge on any atom is -0.465 e. The summed E-state index contributed by atoms with van der Waals surface area (Å²) in [5.41, 5.74) is 1.41. The summed E-state index contributed by atoms with van der Waals surface area (Å²) >= 11 is 0. The Morgan fingerprint density at radius 1 is 1.00 bits per heavy atom. The molecule has 1 atom stereocenters. The van der Waals surface area contributed by atoms with Gasteiger partial charge < -0.3 is 15.4 Å². The van der Waals surface area contributed by atoms with Crippen LogP contribution in [-0.2, 0) is 14.3 Å². The van der Waals surface area contributed by atoms with Gasteiger partial charge in [-0.3, -0.25) is 19.3 Å². The molecule has 0 aliphatic heterocycles. The number of hydrogen-bond donors (Lipinski definition) is 2. The zero-order chi connectivity index (χ0) is 20.5. The van der Waals surface area contributed by atoms with Crippen LogP contribution in [0.15, 0.2) is 54.6 Å². The highest BCUT2D eigenvalue weighted by Crippen LogP contribution is 2.17. The molecule has 28 heavy (non-hydrogen) atoms. The third kappa shape index (κ3) is 5.92. The molecule has 0 bridgehead atoms. The van der Waals surface area contributed by atoms with Gasteiger partial charge in [-0.25, -0.2) is 0 Å². The lowest BCUT2D eigenvalue weighted by Gasteiger charge is -2.22. The second-order valence-electron chi connectivity index (χ2n) is 6.26. The number of amides is 2. The zero-order valence-corrected chi connectivity index (χ0v) is 16.3. The van der Waals surface area contributed by atoms with Crippen LogP contribution in [-0.4, -0.2) is 48.9 Å². The van der Waals surface area contributed by atoms with E-state index < -0.39 is 6.04 Å². The van der Waals surface area contributed by atoms with Crippen LogP contribution in [0.3, 0.4) is 0 Å². The molecule has 0 heterocycles. The number of anilines is 2. The zero-order valence-electron chi connectivity index (χ0n) is 16.3. The van der Waals surface area contributed by atoms with Crippen molar-refractivity contribution in [3.05, 3.63) is 60.2 Å². The van der Waals surface area contributed by atoms with E-state index in [0.29, 0.717) is 16.9 Å². The Labute approximate surface area is 164 Å². The molecule has 2 rings (SSSR count). The highest BCUT2D eigenvalue weighted by atomic mass is 16.5. The summed E-state index contributed by atoms with van der Waals surface area (Å²) in [5.74, 6) is -1.05. The molecule has 0 saturated heterocycles. The first-order valence-corrected chi connectivity index (χ1v) is 9.04. The lowest BCUT2D eigenvalue weighted by Crippen LogP contribution is -2.41. The normalized spacial score (nSPS) is 11.6. The smallest absolute Gasteiger partial charge is 0.323 e. The molecule has 2 aromatic carbocycles. The Morgan fingerprint density at radius 2 is 1.64 bits per heavy atom. The van der Waals surface area contributed by atoms with E-state index in [-0.39, 0.29) is 30.9 Å². The van der Waals surface area contributed by atoms with E-state index in [0.717, 1.165) is 0 Å². The van der Waals surface area contributed by atoms with Gasteiger partial charge in [-0.1, -0.05) is 30.3 Å². The standard InChI is InChI=1S/C21H25N3O4/c1-4-28-21(27)15(2)24(3)14-19(25)23-18-13-9-8-12-17(18)20(26)22-16-10-6-5-7-11-16/h5-13,15H,4,14H2,1-3H3,(H,22,26)(H,23,25). The molecule has 148 valence electrons. The maximum absolute atomic E-state index is 12.6. The van der Waals surface area contributed by atoms with Gasteiger partial charge >= 0.3 is 5.97 Å². The van der Waals surface area contributed by atoms with Gasteiger partial charge in [0.15, 0.2) is 0 Å². The SMILES string of the molecule is CCOC(=O)C(C)N(C)CC(=O)Nc1ccccc1C(=O)Nc1ccccc1. The van der Waals surface area contributed by atoms with E-state index >= 15 is 0 Å². The van der Waals surface area contributed by atoms with Gasteiger partial charge in [0.05, 0.1) is 24.4 Å². The van der Waals surface area contributed by atoms with Crippen molar-refractivity contribution >= 4 is 29.2 Å². The van der Waals surface area contributed by atoms with Crippen molar-refractivity contribution in [2.45, 2.75) is 19.9 Å². The van der Waals surface area contributed by atoms with E-state index in [2.05, 4.69) is 10.6 Å². The van der Waals surface area contributed by atoms with Crippen LogP contribution in [0, 0.1) is 0 Å². The molecule has 0 aromatic heterocycles. The average molecular weight is 383 g/mol. The minimum atomic E-state index is -0.553. The number of ether oxygens (including phenoxy) is 1. The van der Waals surface area contributed by atoms with Crippen LogP contribution in [0.5, 0.6) is 0 Å². The van der Waals surface area contributed by atoms with E-state index in [1.165, 1.54) is 0 Å². The van der Waals surface area contributed by atoms with Gasteiger partial charge in [0.1, 0.15) is 6.04 Å². The number of nitrogens with zero attached hydrogens (tertiary/aromatic N) is 1. The summed E-state index contributed by atoms with van der Waals surface area (Å²) in [6.07, 6.45) is 0. The molecular weight excluding hydrogens is 358 g/mol. The van der Waals surface area contributed by atoms with Crippen LogP contribution >= 0.6 is 0 Å². The molecule has 0 radical (unpaired) electrons. The fourth-order valence-corrected chi connectivity index (χ4v) is 2.51. The van der Waals surface area contributed by atoms with Crippen LogP contribution in [0.2, 0.25) is 0 Å². The van der Waals surface area contributed by atoms with Gasteiger partial charge in [0.2, 0.25) is 5.91 Å². The predicted molar refractivity (Wildman–Crippen MR) is 108 cm³/mol. The van der Waals surface area contributed by atoms with E-state index in [4.69, 9.17) is 4.74 Å². The first-order chi connectivity index (χ1) is 13.4. The van der Waals surface area contributed by atoms with Crippen molar-refractivity contribution in [1.82, 2.24) is 4.90 Å². The van der Waals surface area contributed by atoms with Crippen LogP contribution < -0.4 is 10.6 Å². The number of likely N-dealkylation sites (N-methyl/N-ethyl adjacent to an activating group) is 1. The lowest BCUT2D eigenvalue weighted by molar-refractivity contribution is -0.148. The van der Waals surface area contributed by atoms with E-state index in [9.17, 15) is 14.4 Å². The van der Waals surface area contributed by atoms with Gasteiger partial charge in [-0.2, -0.15) is 0 Å². The van der Waals surface area contributed by atoms with Crippen LogP contribution in [0.4, 0.5) is 11.4 Å². The molecule has 0 aliphatic carbocycles. The topological polar surface area (TPSA) is 87.7 Å². The number of esters is 1. The predicted octanol–water partition coefficient (Wildman–Crippen LogP) is 2.76. The number of carbonyl (C=O) groups excluding carboxylic acids is 3. The van der Waals surface area contributed by atoms with Crippen molar-refractivity contribution < 1.29 is 19.1 Å². The van der Waals surface area contributed by atoms with E-state index in [1.807, 2.05) is 18.2 Å². The molecule has 0 saturated carbocycles. The first kappa shape index (κ1) is 21.1. The quantitative estimate of drug-likeness (QED) is 0.685. The molecule has 0 aliphatic rings. The Balaban J connectivity index is 2.03. The maximum atomic E-state index is 12.6. The van der Waals surface area contributed by atoms with Gasteiger partial charge in [-0.05, 0) is 45.2 Å². The van der Waals surface area contributed by atoms with Crippen LogP contribution in [0.1, 0.15) is 24.2 Å². The molecular formula is C21H25N3O4. The monoisotopic (exact) mass is 383 g/mol. The molecule has 2 amide bonds. The molecule has 2 aromatic rings. The third-order valence-corrected chi connectivity index (χ3v) is 4.16. The van der Waals surface area contributed by atoms with Gasteiger partial charge in [0, 0.05) is 5.69 Å². The summed E-state index contributed by atoms with van der Waals surface area (Å²) in [6, 6.07) is 15.3. The minimum absolute atomic E-state index is 0.0192. The highest BCUT2D eigenvalue weighted by Gasteiger charge is 2.22. The fourth-order valence-electron chi connectivity index (χ4n) is 2.51. The highest BCUT2D eigenvalue weighted by molar-refractivity contribution is 6.10. The second-order valence-corrected chi connectivity index (χ2v) is 6.26. The summed E-state index contributed by atoms with van der Waals surface area (Å²) in [4.78, 5) is 38.4. The molecule has 2 N–H and O–H groups in total. The summed E-state index contributed by atoms with van der Waals surface area (Å²) < 4.78 is 4.97. The van der Waals surface area contributed by atoms with Crippen molar-refractivity contribution in [3.63, 3.8) is 0 Å². The Kier molecular flexibility index (Phi) is 7.71. The molecule has 1 unspecified atom stereocenters. The Morgan fingerprint density at radius 3 is 2.32 bits per heavy atom. The van der Waals surface area contributed by atoms with Gasteiger partial charge in [-0.15, -0.1) is 0 Å². The molecule has 0 spiro atoms. The average Bonchev–Trinajstić information content (AvgIpc) is 2.68. The van der Waals surface area contributed by atoms with Crippen molar-refractivity contribution in [3.8, 4) is 0 Å². The molecule has 7 nitrogen and oxygen atoms in total. The first-order valence-electron chi connectivity index (χ1n) is 9.04. The molecule has 0 fully saturated rings. The van der Waals surface area contributed by atoms with Crippen molar-refractivity contribution in [2.24, 2.45) is 0 Å². The van der Waals surface area contributed by atoms with Crippen molar-refractivity contribution in [2.75, 3.05) is 30.8 Å².